The number of nitrogens with one attached hydrogen (secondary N) is 1. The number of carbonyl (C=O) groups excluding carboxylic acids is 1. The van der Waals surface area contributed by atoms with Crippen molar-refractivity contribution < 1.29 is 18.3 Å². The number of carbonyl (C=O) groups is 1. The summed E-state index contributed by atoms with van der Waals surface area (Å²) in [7, 11) is 1.39. The van der Waals surface area contributed by atoms with Gasteiger partial charge < -0.3 is 19.5 Å². The lowest BCUT2D eigenvalue weighted by Crippen LogP contribution is -2.48. The highest BCUT2D eigenvalue weighted by Gasteiger charge is 2.22. The summed E-state index contributed by atoms with van der Waals surface area (Å²) >= 11 is 0. The summed E-state index contributed by atoms with van der Waals surface area (Å²) in [4.78, 5) is 32.7. The first kappa shape index (κ1) is 26.4. The minimum Gasteiger partial charge on any atom is -0.453 e. The van der Waals surface area contributed by atoms with Gasteiger partial charge in [-0.05, 0) is 44.5 Å². The Balaban J connectivity index is 1.31. The van der Waals surface area contributed by atoms with Gasteiger partial charge in [0, 0.05) is 50.5 Å². The van der Waals surface area contributed by atoms with Crippen molar-refractivity contribution in [3.8, 4) is 11.3 Å². The summed E-state index contributed by atoms with van der Waals surface area (Å²) in [5.41, 5.74) is 2.10. The van der Waals surface area contributed by atoms with Crippen LogP contribution < -0.4 is 5.32 Å². The van der Waals surface area contributed by atoms with E-state index >= 15 is 0 Å². The average molecular weight is 537 g/mol. The van der Waals surface area contributed by atoms with Gasteiger partial charge in [-0.3, -0.25) is 4.90 Å². The molecule has 0 aliphatic carbocycles. The van der Waals surface area contributed by atoms with Gasteiger partial charge in [0.05, 0.1) is 18.8 Å². The number of imidazole rings is 1. The summed E-state index contributed by atoms with van der Waals surface area (Å²) in [5, 5.41) is 3.00. The number of methoxy groups -OCH3 is 1. The van der Waals surface area contributed by atoms with Crippen molar-refractivity contribution in [1.29, 1.82) is 0 Å². The molecule has 5 rings (SSSR count). The molecular weight excluding hydrogens is 506 g/mol. The Hall–Kier alpha value is -4.19. The van der Waals surface area contributed by atoms with Crippen LogP contribution in [0.4, 0.5) is 25.3 Å². The third-order valence-corrected chi connectivity index (χ3v) is 6.73. The number of anilines is 2. The fourth-order valence-electron chi connectivity index (χ4n) is 4.87. The average Bonchev–Trinajstić information content (AvgIpc) is 3.27. The molecule has 1 fully saturated rings. The first-order valence-electron chi connectivity index (χ1n) is 12.7. The number of piperazine rings is 1. The number of benzene rings is 1. The van der Waals surface area contributed by atoms with Gasteiger partial charge in [0.1, 0.15) is 22.9 Å². The second-order valence-electron chi connectivity index (χ2n) is 9.75. The van der Waals surface area contributed by atoms with Crippen LogP contribution in [0, 0.1) is 18.6 Å². The maximum atomic E-state index is 15.0. The van der Waals surface area contributed by atoms with Crippen LogP contribution in [0.15, 0.2) is 36.7 Å². The lowest BCUT2D eigenvalue weighted by Gasteiger charge is -2.33. The second-order valence-corrected chi connectivity index (χ2v) is 9.75. The highest BCUT2D eigenvalue weighted by Crippen LogP contribution is 2.30. The van der Waals surface area contributed by atoms with Gasteiger partial charge in [-0.25, -0.2) is 33.5 Å². The van der Waals surface area contributed by atoms with E-state index in [0.717, 1.165) is 24.8 Å². The zero-order valence-corrected chi connectivity index (χ0v) is 22.3. The molecule has 204 valence electrons. The third-order valence-electron chi connectivity index (χ3n) is 6.73. The minimum absolute atomic E-state index is 0.0230. The van der Waals surface area contributed by atoms with Crippen LogP contribution in [0.1, 0.15) is 31.3 Å². The molecule has 1 aliphatic rings. The van der Waals surface area contributed by atoms with Gasteiger partial charge in [0.15, 0.2) is 11.6 Å². The molecule has 4 aromatic rings. The predicted octanol–water partition coefficient (Wildman–Crippen LogP) is 4.68. The highest BCUT2D eigenvalue weighted by molar-refractivity contribution is 5.83. The molecule has 1 saturated heterocycles. The van der Waals surface area contributed by atoms with E-state index in [1.54, 1.807) is 23.2 Å². The monoisotopic (exact) mass is 536 g/mol. The molecule has 12 heteroatoms. The van der Waals surface area contributed by atoms with E-state index < -0.39 is 11.6 Å². The lowest BCUT2D eigenvalue weighted by atomic mass is 10.1. The topological polar surface area (TPSA) is 101 Å². The van der Waals surface area contributed by atoms with Crippen molar-refractivity contribution in [2.24, 2.45) is 0 Å². The smallest absolute Gasteiger partial charge is 0.409 e. The fraction of sp³-hybridized carbons (Fsp3) is 0.370. The van der Waals surface area contributed by atoms with E-state index in [0.29, 0.717) is 42.4 Å². The molecule has 1 amide bonds. The molecule has 0 bridgehead atoms. The van der Waals surface area contributed by atoms with Crippen LogP contribution in [0.25, 0.3) is 22.3 Å². The zero-order valence-electron chi connectivity index (χ0n) is 22.3. The van der Waals surface area contributed by atoms with E-state index in [2.05, 4.69) is 30.2 Å². The Morgan fingerprint density at radius 3 is 2.49 bits per heavy atom. The molecule has 1 N–H and O–H groups in total. The quantitative estimate of drug-likeness (QED) is 0.379. The highest BCUT2D eigenvalue weighted by atomic mass is 19.1. The zero-order chi connectivity index (χ0) is 27.7. The summed E-state index contributed by atoms with van der Waals surface area (Å²) in [5.74, 6) is 0.102. The molecule has 0 radical (unpaired) electrons. The number of aromatic nitrogens is 5. The Morgan fingerprint density at radius 1 is 1.05 bits per heavy atom. The van der Waals surface area contributed by atoms with Gasteiger partial charge in [-0.15, -0.1) is 0 Å². The van der Waals surface area contributed by atoms with Crippen LogP contribution in [0.3, 0.4) is 0 Å². The number of hydrogen-bond donors (Lipinski definition) is 1. The molecule has 4 heterocycles. The molecular formula is C27H30F2N8O2. The van der Waals surface area contributed by atoms with Crippen LogP contribution in [-0.4, -0.2) is 73.7 Å². The first-order valence-corrected chi connectivity index (χ1v) is 12.7. The molecule has 0 unspecified atom stereocenters. The predicted molar refractivity (Wildman–Crippen MR) is 143 cm³/mol. The number of hydrogen-bond acceptors (Lipinski definition) is 8. The number of nitrogens with zero attached hydrogens (tertiary/aromatic N) is 7. The number of rotatable bonds is 6. The number of amides is 1. The standard InChI is InChI=1S/C27H30F2N8O2/c1-16(2)37-17(3)32-25-20(28)11-19(12-22(25)37)24-21(29)14-31-26(34-24)33-23-6-5-18(13-30-23)15-35-7-9-36(10-8-35)27(38)39-4/h5-6,11-14,16H,7-10,15H2,1-4H3,(H,30,31,33,34). The normalized spacial score (nSPS) is 14.3. The molecule has 3 aromatic heterocycles. The van der Waals surface area contributed by atoms with Crippen molar-refractivity contribution in [3.63, 3.8) is 0 Å². The summed E-state index contributed by atoms with van der Waals surface area (Å²) < 4.78 is 36.4. The van der Waals surface area contributed by atoms with Crippen LogP contribution in [0.5, 0.6) is 0 Å². The number of aryl methyl sites for hydroxylation is 1. The Bertz CT molecular complexity index is 1500. The van der Waals surface area contributed by atoms with E-state index in [9.17, 15) is 13.6 Å². The molecule has 0 saturated carbocycles. The Labute approximate surface area is 224 Å². The van der Waals surface area contributed by atoms with Crippen LogP contribution in [-0.2, 0) is 11.3 Å². The van der Waals surface area contributed by atoms with Gasteiger partial charge in [0.25, 0.3) is 0 Å². The van der Waals surface area contributed by atoms with Crippen LogP contribution in [0.2, 0.25) is 0 Å². The van der Waals surface area contributed by atoms with E-state index in [1.807, 2.05) is 31.4 Å². The number of pyridine rings is 1. The van der Waals surface area contributed by atoms with Crippen molar-refractivity contribution in [2.75, 3.05) is 38.6 Å². The molecule has 1 aliphatic heterocycles. The fourth-order valence-corrected chi connectivity index (χ4v) is 4.87. The molecule has 1 aromatic carbocycles. The van der Waals surface area contributed by atoms with Crippen molar-refractivity contribution in [3.05, 3.63) is 59.7 Å². The number of ether oxygens (including phenoxy) is 1. The van der Waals surface area contributed by atoms with E-state index in [1.165, 1.54) is 13.2 Å². The minimum atomic E-state index is -0.665. The molecule has 0 spiro atoms. The van der Waals surface area contributed by atoms with Gasteiger partial charge in [-0.1, -0.05) is 6.07 Å². The van der Waals surface area contributed by atoms with E-state index in [-0.39, 0.29) is 29.3 Å². The summed E-state index contributed by atoms with van der Waals surface area (Å²) in [6.45, 7) is 9.18. The Morgan fingerprint density at radius 2 is 1.82 bits per heavy atom. The maximum absolute atomic E-state index is 15.0. The second kappa shape index (κ2) is 10.9. The van der Waals surface area contributed by atoms with E-state index in [4.69, 9.17) is 4.74 Å². The van der Waals surface area contributed by atoms with Gasteiger partial charge in [-0.2, -0.15) is 0 Å². The molecule has 0 atom stereocenters. The lowest BCUT2D eigenvalue weighted by molar-refractivity contribution is 0.0888. The maximum Gasteiger partial charge on any atom is 0.409 e. The number of fused-ring (bicyclic) bond motifs is 1. The Kier molecular flexibility index (Phi) is 7.38. The molecule has 10 nitrogen and oxygen atoms in total. The van der Waals surface area contributed by atoms with Gasteiger partial charge >= 0.3 is 6.09 Å². The number of halogens is 2. The molecule has 39 heavy (non-hydrogen) atoms. The van der Waals surface area contributed by atoms with Crippen LogP contribution >= 0.6 is 0 Å². The SMILES string of the molecule is COC(=O)N1CCN(Cc2ccc(Nc3ncc(F)c(-c4cc(F)c5nc(C)n(C(C)C)c5c4)n3)nc2)CC1. The third kappa shape index (κ3) is 5.51. The van der Waals surface area contributed by atoms with Crippen molar-refractivity contribution >= 4 is 28.9 Å². The largest absolute Gasteiger partial charge is 0.453 e. The van der Waals surface area contributed by atoms with Crippen molar-refractivity contribution in [2.45, 2.75) is 33.4 Å². The summed E-state index contributed by atoms with van der Waals surface area (Å²) in [6.07, 6.45) is 2.50. The first-order chi connectivity index (χ1) is 18.7. The van der Waals surface area contributed by atoms with Crippen molar-refractivity contribution in [1.82, 2.24) is 34.3 Å². The summed E-state index contributed by atoms with van der Waals surface area (Å²) in [6, 6.07) is 6.72. The van der Waals surface area contributed by atoms with Gasteiger partial charge in [0.2, 0.25) is 5.95 Å².